The van der Waals surface area contributed by atoms with Gasteiger partial charge in [0.2, 0.25) is 11.2 Å². The average molecular weight is 427 g/mol. The standard InChI is InChI=1S/C21H22Cl2NS.ClH/c1-4-18-8-7-16(5-6-17-9-19(22)12-20(23)10-17)11-21(18)24-13-25-15(3)14(24)2;/h7-13H,4-6H2,1-3H3;1H/q+1;/p-1. The molecule has 0 aliphatic rings. The lowest BCUT2D eigenvalue weighted by Crippen LogP contribution is -3.00. The minimum Gasteiger partial charge on any atom is -1.00 e. The fraction of sp³-hybridized carbons (Fsp3) is 0.286. The van der Waals surface area contributed by atoms with Crippen molar-refractivity contribution < 1.29 is 17.0 Å². The zero-order valence-electron chi connectivity index (χ0n) is 15.2. The van der Waals surface area contributed by atoms with E-state index in [1.54, 1.807) is 17.4 Å². The molecule has 2 aromatic carbocycles. The number of rotatable bonds is 5. The summed E-state index contributed by atoms with van der Waals surface area (Å²) in [4.78, 5) is 1.36. The minimum absolute atomic E-state index is 0. The summed E-state index contributed by atoms with van der Waals surface area (Å²) in [6.45, 7) is 6.57. The van der Waals surface area contributed by atoms with E-state index >= 15 is 0 Å². The van der Waals surface area contributed by atoms with Crippen LogP contribution in [0.2, 0.25) is 10.0 Å². The number of hydrogen-bond acceptors (Lipinski definition) is 1. The Balaban J connectivity index is 0.00000243. The third-order valence-electron chi connectivity index (χ3n) is 4.62. The van der Waals surface area contributed by atoms with E-state index in [9.17, 15) is 0 Å². The Labute approximate surface area is 176 Å². The Morgan fingerprint density at radius 1 is 0.923 bits per heavy atom. The maximum atomic E-state index is 6.11. The Kier molecular flexibility index (Phi) is 7.54. The summed E-state index contributed by atoms with van der Waals surface area (Å²) in [5.74, 6) is 0. The van der Waals surface area contributed by atoms with Crippen LogP contribution >= 0.6 is 34.5 Å². The molecular weight excluding hydrogens is 405 g/mol. The quantitative estimate of drug-likeness (QED) is 0.551. The molecule has 0 N–H and O–H groups in total. The second-order valence-corrected chi connectivity index (χ2v) is 8.26. The van der Waals surface area contributed by atoms with Gasteiger partial charge in [-0.15, -0.1) is 0 Å². The smallest absolute Gasteiger partial charge is 0.231 e. The Hall–Kier alpha value is -1.06. The first-order valence-corrected chi connectivity index (χ1v) is 10.1. The first kappa shape index (κ1) is 21.2. The summed E-state index contributed by atoms with van der Waals surface area (Å²) < 4.78 is 2.32. The summed E-state index contributed by atoms with van der Waals surface area (Å²) in [6, 6.07) is 12.6. The molecule has 3 aromatic rings. The van der Waals surface area contributed by atoms with Gasteiger partial charge in [-0.2, -0.15) is 4.57 Å². The lowest BCUT2D eigenvalue weighted by Gasteiger charge is -2.07. The molecule has 0 saturated heterocycles. The van der Waals surface area contributed by atoms with Gasteiger partial charge in [-0.05, 0) is 55.5 Å². The van der Waals surface area contributed by atoms with Crippen molar-refractivity contribution in [2.45, 2.75) is 40.0 Å². The van der Waals surface area contributed by atoms with Gasteiger partial charge in [0.1, 0.15) is 0 Å². The fourth-order valence-corrected chi connectivity index (χ4v) is 4.41. The summed E-state index contributed by atoms with van der Waals surface area (Å²) in [7, 11) is 0. The van der Waals surface area contributed by atoms with Gasteiger partial charge < -0.3 is 12.4 Å². The van der Waals surface area contributed by atoms with Crippen LogP contribution in [0.5, 0.6) is 0 Å². The highest BCUT2D eigenvalue weighted by molar-refractivity contribution is 7.09. The molecule has 0 bridgehead atoms. The van der Waals surface area contributed by atoms with Crippen LogP contribution in [0, 0.1) is 13.8 Å². The van der Waals surface area contributed by atoms with Crippen molar-refractivity contribution in [3.63, 3.8) is 0 Å². The zero-order valence-corrected chi connectivity index (χ0v) is 18.2. The predicted octanol–water partition coefficient (Wildman–Crippen LogP) is 3.30. The number of hydrogen-bond donors (Lipinski definition) is 0. The van der Waals surface area contributed by atoms with E-state index < -0.39 is 0 Å². The number of thiazole rings is 1. The third kappa shape index (κ3) is 4.80. The highest BCUT2D eigenvalue weighted by atomic mass is 35.5. The molecular formula is C21H22Cl3NS. The minimum atomic E-state index is 0. The van der Waals surface area contributed by atoms with Gasteiger partial charge in [0.25, 0.3) is 0 Å². The van der Waals surface area contributed by atoms with Gasteiger partial charge in [-0.25, -0.2) is 0 Å². The van der Waals surface area contributed by atoms with Crippen LogP contribution in [0.4, 0.5) is 0 Å². The van der Waals surface area contributed by atoms with E-state index in [0.717, 1.165) is 19.3 Å². The van der Waals surface area contributed by atoms with Crippen LogP contribution in [0.25, 0.3) is 5.69 Å². The summed E-state index contributed by atoms with van der Waals surface area (Å²) in [5, 5.41) is 1.40. The number of nitrogens with zero attached hydrogens (tertiary/aromatic N) is 1. The van der Waals surface area contributed by atoms with Crippen molar-refractivity contribution >= 4 is 34.5 Å². The monoisotopic (exact) mass is 425 g/mol. The third-order valence-corrected chi connectivity index (χ3v) is 6.02. The van der Waals surface area contributed by atoms with E-state index in [1.165, 1.54) is 32.9 Å². The first-order valence-electron chi connectivity index (χ1n) is 8.51. The van der Waals surface area contributed by atoms with Gasteiger partial charge in [-0.3, -0.25) is 0 Å². The maximum absolute atomic E-state index is 6.11. The van der Waals surface area contributed by atoms with Crippen LogP contribution in [-0.2, 0) is 19.3 Å². The average Bonchev–Trinajstić information content (AvgIpc) is 2.91. The van der Waals surface area contributed by atoms with Crippen molar-refractivity contribution in [2.24, 2.45) is 0 Å². The van der Waals surface area contributed by atoms with Crippen molar-refractivity contribution in [3.05, 3.63) is 79.2 Å². The molecule has 0 fully saturated rings. The zero-order chi connectivity index (χ0) is 18.0. The summed E-state index contributed by atoms with van der Waals surface area (Å²) in [5.41, 5.74) is 8.71. The predicted molar refractivity (Wildman–Crippen MR) is 109 cm³/mol. The molecule has 0 radical (unpaired) electrons. The molecule has 0 unspecified atom stereocenters. The molecule has 0 amide bonds. The largest absolute Gasteiger partial charge is 1.00 e. The molecule has 0 aliphatic carbocycles. The maximum Gasteiger partial charge on any atom is 0.231 e. The van der Waals surface area contributed by atoms with E-state index in [-0.39, 0.29) is 12.4 Å². The molecule has 0 spiro atoms. The van der Waals surface area contributed by atoms with Gasteiger partial charge in [-0.1, -0.05) is 53.6 Å². The van der Waals surface area contributed by atoms with Gasteiger partial charge >= 0.3 is 0 Å². The number of halogens is 3. The number of aromatic nitrogens is 1. The van der Waals surface area contributed by atoms with Gasteiger partial charge in [0.15, 0.2) is 5.69 Å². The molecule has 5 heteroatoms. The van der Waals surface area contributed by atoms with Crippen LogP contribution in [0.1, 0.15) is 34.2 Å². The molecule has 0 aliphatic heterocycles. The highest BCUT2D eigenvalue weighted by Crippen LogP contribution is 2.22. The Bertz CT molecular complexity index is 882. The van der Waals surface area contributed by atoms with Crippen LogP contribution < -0.4 is 17.0 Å². The molecule has 26 heavy (non-hydrogen) atoms. The molecule has 1 aromatic heterocycles. The topological polar surface area (TPSA) is 3.88 Å². The van der Waals surface area contributed by atoms with E-state index in [2.05, 4.69) is 49.0 Å². The summed E-state index contributed by atoms with van der Waals surface area (Å²) >= 11 is 14.0. The Morgan fingerprint density at radius 2 is 1.58 bits per heavy atom. The van der Waals surface area contributed by atoms with Gasteiger partial charge in [0.05, 0.1) is 4.88 Å². The first-order chi connectivity index (χ1) is 12.0. The van der Waals surface area contributed by atoms with Crippen molar-refractivity contribution in [1.82, 2.24) is 0 Å². The Morgan fingerprint density at radius 3 is 2.15 bits per heavy atom. The molecule has 3 rings (SSSR count). The molecule has 1 nitrogen and oxygen atoms in total. The van der Waals surface area contributed by atoms with Crippen molar-refractivity contribution in [3.8, 4) is 5.69 Å². The lowest BCUT2D eigenvalue weighted by atomic mass is 10.0. The fourth-order valence-electron chi connectivity index (χ4n) is 3.04. The van der Waals surface area contributed by atoms with E-state index in [4.69, 9.17) is 23.2 Å². The second kappa shape index (κ2) is 9.23. The van der Waals surface area contributed by atoms with E-state index in [0.29, 0.717) is 10.0 Å². The summed E-state index contributed by atoms with van der Waals surface area (Å²) in [6.07, 6.45) is 2.93. The lowest BCUT2D eigenvalue weighted by molar-refractivity contribution is -0.597. The van der Waals surface area contributed by atoms with Crippen LogP contribution in [0.3, 0.4) is 0 Å². The van der Waals surface area contributed by atoms with E-state index in [1.807, 2.05) is 12.1 Å². The highest BCUT2D eigenvalue weighted by Gasteiger charge is 2.18. The molecule has 0 saturated carbocycles. The number of benzene rings is 2. The number of aryl methyl sites for hydroxylation is 4. The molecule has 1 heterocycles. The molecule has 138 valence electrons. The molecule has 0 atom stereocenters. The van der Waals surface area contributed by atoms with Gasteiger partial charge in [0, 0.05) is 28.6 Å². The van der Waals surface area contributed by atoms with Crippen molar-refractivity contribution in [1.29, 1.82) is 0 Å². The second-order valence-electron chi connectivity index (χ2n) is 6.33. The normalized spacial score (nSPS) is 10.7. The SMILES string of the molecule is CCc1ccc(CCc2cc(Cl)cc(Cl)c2)cc1-[n+]1csc(C)c1C.[Cl-]. The van der Waals surface area contributed by atoms with Crippen molar-refractivity contribution in [2.75, 3.05) is 0 Å². The van der Waals surface area contributed by atoms with Crippen LogP contribution in [-0.4, -0.2) is 0 Å². The van der Waals surface area contributed by atoms with Crippen LogP contribution in [0.15, 0.2) is 41.9 Å².